The SMILES string of the molecule is C.C.C.C.CP(=O)(OCO)OCO. The summed E-state index contributed by atoms with van der Waals surface area (Å²) in [5, 5.41) is 16.1. The van der Waals surface area contributed by atoms with Crippen molar-refractivity contribution in [2.45, 2.75) is 29.7 Å². The normalized spacial score (nSPS) is 8.23. The van der Waals surface area contributed by atoms with Crippen LogP contribution >= 0.6 is 7.60 Å². The molecule has 0 aromatic carbocycles. The summed E-state index contributed by atoms with van der Waals surface area (Å²) in [7, 11) is -3.19. The Labute approximate surface area is 82.2 Å². The van der Waals surface area contributed by atoms with Crippen LogP contribution in [0.15, 0.2) is 0 Å². The Morgan fingerprint density at radius 2 is 1.23 bits per heavy atom. The van der Waals surface area contributed by atoms with Crippen LogP contribution in [0.5, 0.6) is 0 Å². The van der Waals surface area contributed by atoms with Gasteiger partial charge in [0.05, 0.1) is 0 Å². The van der Waals surface area contributed by atoms with Crippen molar-refractivity contribution in [2.24, 2.45) is 0 Å². The Bertz CT molecular complexity index is 107. The zero-order chi connectivity index (χ0) is 7.33. The molecule has 0 aromatic heterocycles. The second-order valence-electron chi connectivity index (χ2n) is 1.29. The molecule has 0 saturated heterocycles. The van der Waals surface area contributed by atoms with E-state index in [-0.39, 0.29) is 29.7 Å². The van der Waals surface area contributed by atoms with E-state index in [0.717, 1.165) is 6.66 Å². The molecule has 0 aliphatic carbocycles. The van der Waals surface area contributed by atoms with Crippen LogP contribution in [0.4, 0.5) is 0 Å². The van der Waals surface area contributed by atoms with Gasteiger partial charge >= 0.3 is 7.60 Å². The first kappa shape index (κ1) is 29.2. The van der Waals surface area contributed by atoms with E-state index in [9.17, 15) is 4.57 Å². The summed E-state index contributed by atoms with van der Waals surface area (Å²) in [6, 6.07) is 0. The van der Waals surface area contributed by atoms with Gasteiger partial charge in [-0.3, -0.25) is 13.6 Å². The summed E-state index contributed by atoms with van der Waals surface area (Å²) in [6.45, 7) is -0.193. The van der Waals surface area contributed by atoms with E-state index in [4.69, 9.17) is 10.2 Å². The minimum Gasteiger partial charge on any atom is -0.370 e. The van der Waals surface area contributed by atoms with Crippen molar-refractivity contribution in [3.63, 3.8) is 0 Å². The first-order chi connectivity index (χ1) is 4.12. The molecule has 88 valence electrons. The first-order valence-electron chi connectivity index (χ1n) is 2.20. The van der Waals surface area contributed by atoms with Crippen molar-refractivity contribution in [3.05, 3.63) is 0 Å². The van der Waals surface area contributed by atoms with Crippen LogP contribution in [0.3, 0.4) is 0 Å². The van der Waals surface area contributed by atoms with Crippen LogP contribution in [0.25, 0.3) is 0 Å². The summed E-state index contributed by atoms with van der Waals surface area (Å²) < 4.78 is 19.0. The van der Waals surface area contributed by atoms with Gasteiger partial charge in [-0.1, -0.05) is 29.7 Å². The molecule has 0 spiro atoms. The lowest BCUT2D eigenvalue weighted by atomic mass is 11.6. The Kier molecular flexibility index (Phi) is 32.8. The van der Waals surface area contributed by atoms with Gasteiger partial charge in [-0.2, -0.15) is 0 Å². The zero-order valence-electron chi connectivity index (χ0n) is 4.98. The molecule has 0 aromatic rings. The van der Waals surface area contributed by atoms with Crippen LogP contribution in [0.2, 0.25) is 0 Å². The monoisotopic (exact) mass is 220 g/mol. The van der Waals surface area contributed by atoms with E-state index >= 15 is 0 Å². The van der Waals surface area contributed by atoms with Gasteiger partial charge in [0.2, 0.25) is 0 Å². The topological polar surface area (TPSA) is 76.0 Å². The fourth-order valence-corrected chi connectivity index (χ4v) is 0.741. The van der Waals surface area contributed by atoms with E-state index in [1.165, 1.54) is 0 Å². The van der Waals surface area contributed by atoms with Gasteiger partial charge in [-0.15, -0.1) is 0 Å². The average Bonchev–Trinajstić information content (AvgIpc) is 1.64. The molecule has 5 nitrogen and oxygen atoms in total. The Morgan fingerprint density at radius 1 is 1.00 bits per heavy atom. The quantitative estimate of drug-likeness (QED) is 0.561. The van der Waals surface area contributed by atoms with E-state index in [1.54, 1.807) is 0 Å². The highest BCUT2D eigenvalue weighted by molar-refractivity contribution is 7.52. The number of aliphatic hydroxyl groups is 2. The van der Waals surface area contributed by atoms with Gasteiger partial charge in [0.25, 0.3) is 0 Å². The fraction of sp³-hybridized carbons (Fsp3) is 1.00. The van der Waals surface area contributed by atoms with Gasteiger partial charge in [-0.25, -0.2) is 0 Å². The van der Waals surface area contributed by atoms with Crippen LogP contribution in [0, 0.1) is 0 Å². The molecule has 0 unspecified atom stereocenters. The molecule has 0 aliphatic heterocycles. The zero-order valence-corrected chi connectivity index (χ0v) is 5.88. The van der Waals surface area contributed by atoms with Gasteiger partial charge in [0.15, 0.2) is 13.6 Å². The third-order valence-electron chi connectivity index (χ3n) is 0.584. The highest BCUT2D eigenvalue weighted by Crippen LogP contribution is 2.42. The van der Waals surface area contributed by atoms with E-state index in [1.807, 2.05) is 0 Å². The van der Waals surface area contributed by atoms with Crippen molar-refractivity contribution >= 4 is 7.60 Å². The van der Waals surface area contributed by atoms with Crippen molar-refractivity contribution in [1.29, 1.82) is 0 Å². The highest BCUT2D eigenvalue weighted by atomic mass is 31.2. The molecule has 0 radical (unpaired) electrons. The maximum absolute atomic E-state index is 10.6. The van der Waals surface area contributed by atoms with Crippen LogP contribution in [-0.2, 0) is 13.6 Å². The molecule has 13 heavy (non-hydrogen) atoms. The highest BCUT2D eigenvalue weighted by Gasteiger charge is 2.14. The lowest BCUT2D eigenvalue weighted by Crippen LogP contribution is -1.95. The van der Waals surface area contributed by atoms with Crippen LogP contribution in [-0.4, -0.2) is 30.5 Å². The first-order valence-corrected chi connectivity index (χ1v) is 4.19. The molecule has 0 atom stereocenters. The Hall–Kier alpha value is 0.0700. The van der Waals surface area contributed by atoms with Crippen molar-refractivity contribution in [2.75, 3.05) is 20.3 Å². The smallest absolute Gasteiger partial charge is 0.331 e. The molecule has 0 fully saturated rings. The second-order valence-corrected chi connectivity index (χ2v) is 3.35. The molecular formula is C7H25O5P. The van der Waals surface area contributed by atoms with Crippen molar-refractivity contribution in [1.82, 2.24) is 0 Å². The summed E-state index contributed by atoms with van der Waals surface area (Å²) in [6.07, 6.45) is 0. The lowest BCUT2D eigenvalue weighted by molar-refractivity contribution is 0.0420. The summed E-state index contributed by atoms with van der Waals surface area (Å²) in [4.78, 5) is 0. The fourth-order valence-electron chi connectivity index (χ4n) is 0.247. The predicted octanol–water partition coefficient (Wildman–Crippen LogP) is 2.29. The molecule has 2 N–H and O–H groups in total. The predicted molar refractivity (Wildman–Crippen MR) is 56.8 cm³/mol. The number of rotatable bonds is 4. The van der Waals surface area contributed by atoms with Gasteiger partial charge in [0, 0.05) is 6.66 Å². The van der Waals surface area contributed by atoms with Gasteiger partial charge < -0.3 is 10.2 Å². The number of hydrogen-bond donors (Lipinski definition) is 2. The standard InChI is InChI=1S/C3H9O5P.4CH4/c1-9(6,7-2-4)8-3-5;;;;/h4-5H,2-3H2,1H3;4*1H4. The average molecular weight is 220 g/mol. The van der Waals surface area contributed by atoms with Gasteiger partial charge in [-0.05, 0) is 0 Å². The van der Waals surface area contributed by atoms with Gasteiger partial charge in [0.1, 0.15) is 0 Å². The molecule has 6 heteroatoms. The number of aliphatic hydroxyl groups excluding tert-OH is 2. The van der Waals surface area contributed by atoms with E-state index < -0.39 is 21.2 Å². The number of hydrogen-bond acceptors (Lipinski definition) is 5. The lowest BCUT2D eigenvalue weighted by Gasteiger charge is -2.08. The van der Waals surface area contributed by atoms with Crippen molar-refractivity contribution in [3.8, 4) is 0 Å². The van der Waals surface area contributed by atoms with Crippen LogP contribution in [0.1, 0.15) is 29.7 Å². The molecular weight excluding hydrogens is 195 g/mol. The van der Waals surface area contributed by atoms with E-state index in [0.29, 0.717) is 0 Å². The van der Waals surface area contributed by atoms with E-state index in [2.05, 4.69) is 9.05 Å². The minimum atomic E-state index is -3.19. The van der Waals surface area contributed by atoms with Crippen molar-refractivity contribution < 1.29 is 23.8 Å². The maximum atomic E-state index is 10.6. The third kappa shape index (κ3) is 18.8. The summed E-state index contributed by atoms with van der Waals surface area (Å²) in [5.41, 5.74) is 0. The minimum absolute atomic E-state index is 0. The molecule has 0 bridgehead atoms. The second kappa shape index (κ2) is 14.6. The van der Waals surface area contributed by atoms with Crippen LogP contribution < -0.4 is 0 Å². The maximum Gasteiger partial charge on any atom is 0.331 e. The Morgan fingerprint density at radius 3 is 1.38 bits per heavy atom. The summed E-state index contributed by atoms with van der Waals surface area (Å²) in [5.74, 6) is 0. The molecule has 0 rings (SSSR count). The Balaban J connectivity index is -0.0000000533. The third-order valence-corrected chi connectivity index (χ3v) is 1.75. The molecule has 0 saturated carbocycles. The largest absolute Gasteiger partial charge is 0.370 e. The molecule has 0 amide bonds. The molecule has 0 heterocycles. The molecule has 0 aliphatic rings. The summed E-state index contributed by atoms with van der Waals surface area (Å²) >= 11 is 0.